The first-order valence-corrected chi connectivity index (χ1v) is 13.3. The Hall–Kier alpha value is -3.34. The lowest BCUT2D eigenvalue weighted by atomic mass is 9.76. The van der Waals surface area contributed by atoms with Crippen molar-refractivity contribution in [3.05, 3.63) is 94.0 Å². The molecular weight excluding hydrogens is 456 g/mol. The summed E-state index contributed by atoms with van der Waals surface area (Å²) in [7, 11) is 1.63. The molecule has 4 aliphatic rings. The number of nitrogens with zero attached hydrogens (tertiary/aromatic N) is 2. The van der Waals surface area contributed by atoms with E-state index >= 15 is 0 Å². The van der Waals surface area contributed by atoms with E-state index in [1.807, 2.05) is 6.34 Å². The normalized spacial score (nSPS) is 30.1. The largest absolute Gasteiger partial charge is 0.362 e. The van der Waals surface area contributed by atoms with Gasteiger partial charge in [0.1, 0.15) is 5.71 Å². The number of methoxy groups -OCH3 is 1. The molecule has 4 nitrogen and oxygen atoms in total. The molecule has 5 unspecified atom stereocenters. The lowest BCUT2D eigenvalue weighted by molar-refractivity contribution is -0.443. The number of aryl methyl sites for hydroxylation is 2. The second-order valence-electron chi connectivity index (χ2n) is 12.0. The van der Waals surface area contributed by atoms with Crippen molar-refractivity contribution in [2.45, 2.75) is 62.8 Å². The van der Waals surface area contributed by atoms with Gasteiger partial charge in [0, 0.05) is 18.1 Å². The average molecular weight is 488 g/mol. The smallest absolute Gasteiger partial charge is 0.281 e. The molecule has 4 aromatic rings. The molecular formula is C33H31N2O2+. The van der Waals surface area contributed by atoms with E-state index in [1.165, 1.54) is 60.6 Å². The topological polar surface area (TPSA) is 44.8 Å². The van der Waals surface area contributed by atoms with Gasteiger partial charge in [-0.3, -0.25) is 0 Å². The number of aliphatic imine (C=N–C) groups is 1. The fourth-order valence-electron chi connectivity index (χ4n) is 8.16. The summed E-state index contributed by atoms with van der Waals surface area (Å²) in [5.74, 6) is -1.26. The van der Waals surface area contributed by atoms with Crippen LogP contribution in [0, 0.1) is 13.8 Å². The van der Waals surface area contributed by atoms with Crippen LogP contribution in [-0.4, -0.2) is 46.7 Å². The quantitative estimate of drug-likeness (QED) is 0.276. The van der Waals surface area contributed by atoms with Crippen LogP contribution in [0.15, 0.2) is 65.7 Å². The number of ether oxygens (including phenoxy) is 1. The Kier molecular flexibility index (Phi) is 3.96. The highest BCUT2D eigenvalue weighted by atomic mass is 16.6. The fourth-order valence-corrected chi connectivity index (χ4v) is 8.16. The van der Waals surface area contributed by atoms with E-state index in [0.717, 1.165) is 0 Å². The Morgan fingerprint density at radius 1 is 0.919 bits per heavy atom. The van der Waals surface area contributed by atoms with Gasteiger partial charge >= 0.3 is 0 Å². The van der Waals surface area contributed by atoms with Gasteiger partial charge in [0.2, 0.25) is 5.79 Å². The lowest BCUT2D eigenvalue weighted by Gasteiger charge is -2.30. The maximum absolute atomic E-state index is 11.8. The zero-order valence-electron chi connectivity index (χ0n) is 21.9. The van der Waals surface area contributed by atoms with Gasteiger partial charge in [-0.2, -0.15) is 0 Å². The highest BCUT2D eigenvalue weighted by Crippen LogP contribution is 2.62. The molecule has 0 bridgehead atoms. The van der Waals surface area contributed by atoms with Crippen LogP contribution >= 0.6 is 0 Å². The number of hydrogen-bond acceptors (Lipinski definition) is 3. The maximum atomic E-state index is 11.8. The van der Waals surface area contributed by atoms with Gasteiger partial charge in [0.05, 0.1) is 11.8 Å². The minimum atomic E-state index is -1.24. The Balaban J connectivity index is 1.51. The highest BCUT2D eigenvalue weighted by molar-refractivity contribution is 6.13. The van der Waals surface area contributed by atoms with E-state index in [0.29, 0.717) is 0 Å². The van der Waals surface area contributed by atoms with Crippen molar-refractivity contribution >= 4 is 33.6 Å². The van der Waals surface area contributed by atoms with Gasteiger partial charge in [0.15, 0.2) is 12.1 Å². The first kappa shape index (κ1) is 21.7. The molecule has 0 amide bonds. The summed E-state index contributed by atoms with van der Waals surface area (Å²) >= 11 is 0. The summed E-state index contributed by atoms with van der Waals surface area (Å²) in [6.07, 6.45) is 2.00. The average Bonchev–Trinajstić information content (AvgIpc) is 3.44. The summed E-state index contributed by atoms with van der Waals surface area (Å²) in [6, 6.07) is 22.1. The summed E-state index contributed by atoms with van der Waals surface area (Å²) in [6.45, 7) is 9.08. The fraction of sp³-hybridized carbons (Fsp3) is 0.333. The zero-order chi connectivity index (χ0) is 25.4. The highest BCUT2D eigenvalue weighted by Gasteiger charge is 2.75. The maximum Gasteiger partial charge on any atom is 0.281 e. The molecule has 2 aliphatic carbocycles. The van der Waals surface area contributed by atoms with Crippen molar-refractivity contribution in [1.82, 2.24) is 0 Å². The predicted octanol–water partition coefficient (Wildman–Crippen LogP) is 5.71. The Labute approximate surface area is 216 Å². The molecule has 184 valence electrons. The van der Waals surface area contributed by atoms with Gasteiger partial charge in [0.25, 0.3) is 6.34 Å². The number of fused-ring (bicyclic) bond motifs is 13. The van der Waals surface area contributed by atoms with Crippen LogP contribution in [0.1, 0.15) is 59.1 Å². The van der Waals surface area contributed by atoms with Crippen molar-refractivity contribution in [2.75, 3.05) is 7.11 Å². The van der Waals surface area contributed by atoms with E-state index in [2.05, 4.69) is 92.9 Å². The summed E-state index contributed by atoms with van der Waals surface area (Å²) in [5, 5.41) is 16.8. The summed E-state index contributed by atoms with van der Waals surface area (Å²) in [4.78, 5) is 5.21. The molecule has 2 heterocycles. The van der Waals surface area contributed by atoms with Gasteiger partial charge in [-0.25, -0.2) is 4.58 Å². The molecule has 5 atom stereocenters. The van der Waals surface area contributed by atoms with Crippen LogP contribution in [0.3, 0.4) is 0 Å². The standard InChI is InChI=1S/C33H31N2O2/c1-17-9-8-12-21-24(17)18(2)15-22-25(21)28-31(33(28,36)37-5)35-16-34-30-27(29(22)35)26-20-11-7-6-10-19(20)13-14-23(26)32(30,3)4/h6-16,27-28,30-31,36H,1-5H3/q+1. The van der Waals surface area contributed by atoms with Crippen molar-refractivity contribution in [3.63, 3.8) is 0 Å². The minimum absolute atomic E-state index is 0.0897. The zero-order valence-corrected chi connectivity index (χ0v) is 21.9. The van der Waals surface area contributed by atoms with E-state index in [1.54, 1.807) is 7.11 Å². The molecule has 1 N–H and O–H groups in total. The molecule has 0 radical (unpaired) electrons. The third-order valence-corrected chi connectivity index (χ3v) is 9.85. The van der Waals surface area contributed by atoms with Crippen LogP contribution in [-0.2, 0) is 10.2 Å². The summed E-state index contributed by atoms with van der Waals surface area (Å²) in [5.41, 5.74) is 8.92. The molecule has 0 spiro atoms. The van der Waals surface area contributed by atoms with Gasteiger partial charge in [-0.1, -0.05) is 73.4 Å². The number of rotatable bonds is 1. The van der Waals surface area contributed by atoms with Gasteiger partial charge in [-0.05, 0) is 69.3 Å². The molecule has 4 heteroatoms. The van der Waals surface area contributed by atoms with Crippen LogP contribution in [0.25, 0.3) is 21.5 Å². The second-order valence-corrected chi connectivity index (χ2v) is 12.0. The molecule has 1 fully saturated rings. The van der Waals surface area contributed by atoms with Gasteiger partial charge in [-0.15, -0.1) is 0 Å². The molecule has 0 aromatic heterocycles. The monoisotopic (exact) mass is 487 g/mol. The third-order valence-electron chi connectivity index (χ3n) is 9.85. The van der Waals surface area contributed by atoms with E-state index in [4.69, 9.17) is 9.73 Å². The van der Waals surface area contributed by atoms with Crippen LogP contribution in [0.2, 0.25) is 0 Å². The molecule has 37 heavy (non-hydrogen) atoms. The Bertz CT molecular complexity index is 1760. The lowest BCUT2D eigenvalue weighted by Crippen LogP contribution is -2.44. The SMILES string of the molecule is COC1(O)C2c3c(cc(C)c4c(C)cccc34)C3=[N+](C=NC4C3c3c(ccc5ccccc35)C4(C)C)C21. The molecule has 2 aliphatic heterocycles. The third kappa shape index (κ3) is 2.42. The first-order valence-electron chi connectivity index (χ1n) is 13.3. The predicted molar refractivity (Wildman–Crippen MR) is 148 cm³/mol. The molecule has 1 saturated carbocycles. The number of benzene rings is 4. The Morgan fingerprint density at radius 3 is 2.51 bits per heavy atom. The van der Waals surface area contributed by atoms with Crippen molar-refractivity contribution in [3.8, 4) is 0 Å². The van der Waals surface area contributed by atoms with E-state index in [-0.39, 0.29) is 29.3 Å². The Morgan fingerprint density at radius 2 is 1.70 bits per heavy atom. The minimum Gasteiger partial charge on any atom is -0.362 e. The first-order chi connectivity index (χ1) is 17.8. The molecule has 8 rings (SSSR count). The van der Waals surface area contributed by atoms with E-state index < -0.39 is 5.79 Å². The van der Waals surface area contributed by atoms with Crippen molar-refractivity contribution in [2.24, 2.45) is 4.99 Å². The van der Waals surface area contributed by atoms with Crippen LogP contribution in [0.5, 0.6) is 0 Å². The van der Waals surface area contributed by atoms with Crippen LogP contribution < -0.4 is 0 Å². The molecule has 4 aromatic carbocycles. The summed E-state index contributed by atoms with van der Waals surface area (Å²) < 4.78 is 8.10. The number of aliphatic hydroxyl groups is 1. The van der Waals surface area contributed by atoms with Crippen LogP contribution in [0.4, 0.5) is 0 Å². The second kappa shape index (κ2) is 6.75. The molecule has 0 saturated heterocycles. The van der Waals surface area contributed by atoms with Gasteiger partial charge < -0.3 is 9.84 Å². The van der Waals surface area contributed by atoms with Crippen molar-refractivity contribution in [1.29, 1.82) is 0 Å². The van der Waals surface area contributed by atoms with Crippen molar-refractivity contribution < 1.29 is 14.4 Å². The van der Waals surface area contributed by atoms with E-state index in [9.17, 15) is 5.11 Å². The number of hydrogen-bond donors (Lipinski definition) is 1.